The number of carbonyl (C=O) groups excluding carboxylic acids is 1. The Morgan fingerprint density at radius 2 is 1.78 bits per heavy atom. The molecule has 0 radical (unpaired) electrons. The lowest BCUT2D eigenvalue weighted by Gasteiger charge is -2.23. The summed E-state index contributed by atoms with van der Waals surface area (Å²) in [6.45, 7) is 4.69. The van der Waals surface area contributed by atoms with Gasteiger partial charge in [-0.05, 0) is 74.1 Å². The van der Waals surface area contributed by atoms with Gasteiger partial charge in [-0.3, -0.25) is 13.9 Å². The normalized spacial score (nSPS) is 17.3. The highest BCUT2D eigenvalue weighted by molar-refractivity contribution is 5.77. The smallest absolute Gasteiger partial charge is 0.292 e. The monoisotopic (exact) mass is 710 g/mol. The minimum atomic E-state index is -3.56. The van der Waals surface area contributed by atoms with Gasteiger partial charge in [-0.2, -0.15) is 13.9 Å². The zero-order valence-electron chi connectivity index (χ0n) is 27.7. The van der Waals surface area contributed by atoms with E-state index in [0.717, 1.165) is 12.1 Å². The summed E-state index contributed by atoms with van der Waals surface area (Å²) in [5.41, 5.74) is 4.40. The van der Waals surface area contributed by atoms with E-state index in [1.54, 1.807) is 30.5 Å². The SMILES string of the molecule is C[C@@H]1c2c(C(F)F)nn(CC(=O)N[C@@H](Cc3cc(F)cc(F)c3)c3nc(C#CC(C)(C)O)ccc3-c3ccc4nnc(N)n4c3)c2C(F)(F)[C@@H]1C. The molecule has 16 heteroatoms. The average molecular weight is 711 g/mol. The third-order valence-corrected chi connectivity index (χ3v) is 8.80. The van der Waals surface area contributed by atoms with E-state index < -0.39 is 71.3 Å². The van der Waals surface area contributed by atoms with Crippen LogP contribution in [0.3, 0.4) is 0 Å². The van der Waals surface area contributed by atoms with Gasteiger partial charge in [-0.25, -0.2) is 22.5 Å². The second-order valence-electron chi connectivity index (χ2n) is 13.1. The Morgan fingerprint density at radius 3 is 2.45 bits per heavy atom. The first kappa shape index (κ1) is 35.4. The van der Waals surface area contributed by atoms with E-state index in [2.05, 4.69) is 37.4 Å². The number of amides is 1. The molecule has 0 bridgehead atoms. The lowest BCUT2D eigenvalue weighted by molar-refractivity contribution is -0.123. The van der Waals surface area contributed by atoms with Crippen LogP contribution in [0.4, 0.5) is 32.3 Å². The summed E-state index contributed by atoms with van der Waals surface area (Å²) < 4.78 is 89.8. The number of rotatable bonds is 8. The van der Waals surface area contributed by atoms with Crippen molar-refractivity contribution in [3.05, 3.63) is 94.2 Å². The number of pyridine rings is 2. The molecule has 4 heterocycles. The predicted molar refractivity (Wildman–Crippen MR) is 173 cm³/mol. The van der Waals surface area contributed by atoms with E-state index in [4.69, 9.17) is 5.73 Å². The number of benzene rings is 1. The van der Waals surface area contributed by atoms with E-state index in [0.29, 0.717) is 27.5 Å². The zero-order chi connectivity index (χ0) is 37.0. The fraction of sp³-hybridized carbons (Fsp3) is 0.343. The lowest BCUT2D eigenvalue weighted by atomic mass is 9.94. The standard InChI is InChI=1S/C35H32F6N8O2/c1-17-18(2)35(40,41)31-28(17)30(32(38)39)47-49(31)16-27(50)44-25(13-19-11-21(36)14-22(37)12-19)29-24(7-6-23(43-29)9-10-34(3,4)51)20-5-8-26-45-46-33(42)48(26)15-20/h5-8,11-12,14-15,17-18,25,32,51H,13,16H2,1-4H3,(H2,42,46)(H,44,50)/t17-,18+,25-/m0/s1. The Bertz CT molecular complexity index is 2200. The molecule has 1 aliphatic rings. The molecule has 0 unspecified atom stereocenters. The van der Waals surface area contributed by atoms with Gasteiger partial charge in [0, 0.05) is 34.9 Å². The van der Waals surface area contributed by atoms with Gasteiger partial charge in [0.2, 0.25) is 11.9 Å². The van der Waals surface area contributed by atoms with Crippen molar-refractivity contribution in [1.29, 1.82) is 0 Å². The second-order valence-corrected chi connectivity index (χ2v) is 13.1. The molecule has 0 saturated carbocycles. The number of nitrogens with two attached hydrogens (primary N) is 1. The molecule has 10 nitrogen and oxygen atoms in total. The number of hydrogen-bond donors (Lipinski definition) is 3. The first-order valence-electron chi connectivity index (χ1n) is 15.8. The van der Waals surface area contributed by atoms with Gasteiger partial charge in [0.15, 0.2) is 5.65 Å². The number of nitrogen functional groups attached to an aromatic ring is 1. The highest BCUT2D eigenvalue weighted by atomic mass is 19.3. The van der Waals surface area contributed by atoms with Crippen LogP contribution in [0, 0.1) is 29.4 Å². The molecular weight excluding hydrogens is 678 g/mol. The number of nitrogens with zero attached hydrogens (tertiary/aromatic N) is 6. The van der Waals surface area contributed by atoms with Gasteiger partial charge in [0.1, 0.15) is 40.9 Å². The Morgan fingerprint density at radius 1 is 1.08 bits per heavy atom. The summed E-state index contributed by atoms with van der Waals surface area (Å²) in [6.07, 6.45) is -1.82. The van der Waals surface area contributed by atoms with Crippen LogP contribution in [0.15, 0.2) is 48.7 Å². The fourth-order valence-corrected chi connectivity index (χ4v) is 6.25. The molecule has 1 aromatic carbocycles. The van der Waals surface area contributed by atoms with Gasteiger partial charge in [0.25, 0.3) is 12.3 Å². The van der Waals surface area contributed by atoms with Crippen molar-refractivity contribution >= 4 is 17.5 Å². The maximum Gasteiger partial charge on any atom is 0.292 e. The summed E-state index contributed by atoms with van der Waals surface area (Å²) in [6, 6.07) is 8.07. The van der Waals surface area contributed by atoms with Crippen molar-refractivity contribution in [2.45, 2.75) is 70.6 Å². The predicted octanol–water partition coefficient (Wildman–Crippen LogP) is 5.85. The summed E-state index contributed by atoms with van der Waals surface area (Å²) in [4.78, 5) is 18.4. The molecule has 6 rings (SSSR count). The molecule has 51 heavy (non-hydrogen) atoms. The number of anilines is 1. The molecule has 0 spiro atoms. The van der Waals surface area contributed by atoms with E-state index in [1.165, 1.54) is 32.1 Å². The van der Waals surface area contributed by atoms with Crippen molar-refractivity contribution in [1.82, 2.24) is 34.7 Å². The molecule has 4 N–H and O–H groups in total. The molecule has 266 valence electrons. The highest BCUT2D eigenvalue weighted by Gasteiger charge is 2.55. The van der Waals surface area contributed by atoms with Crippen molar-refractivity contribution in [3.63, 3.8) is 0 Å². The molecule has 3 atom stereocenters. The van der Waals surface area contributed by atoms with Gasteiger partial charge >= 0.3 is 0 Å². The minimum absolute atomic E-state index is 0.0736. The summed E-state index contributed by atoms with van der Waals surface area (Å²) in [5.74, 6) is -3.05. The van der Waals surface area contributed by atoms with Crippen LogP contribution in [0.5, 0.6) is 0 Å². The Labute approximate surface area is 287 Å². The number of halogens is 6. The largest absolute Gasteiger partial charge is 0.378 e. The van der Waals surface area contributed by atoms with Crippen LogP contribution in [-0.2, 0) is 23.7 Å². The maximum absolute atomic E-state index is 15.4. The lowest BCUT2D eigenvalue weighted by Crippen LogP contribution is -2.35. The summed E-state index contributed by atoms with van der Waals surface area (Å²) in [5, 5.41) is 24.5. The van der Waals surface area contributed by atoms with Gasteiger partial charge in [-0.15, -0.1) is 10.2 Å². The molecule has 1 amide bonds. The number of alkyl halides is 4. The Hall–Kier alpha value is -5.43. The number of aromatic nitrogens is 6. The van der Waals surface area contributed by atoms with Crippen LogP contribution in [-0.4, -0.2) is 46.0 Å². The molecule has 0 fully saturated rings. The van der Waals surface area contributed by atoms with Crippen LogP contribution < -0.4 is 11.1 Å². The first-order valence-corrected chi connectivity index (χ1v) is 15.8. The van der Waals surface area contributed by atoms with Crippen LogP contribution in [0.25, 0.3) is 16.8 Å². The number of carbonyl (C=O) groups is 1. The van der Waals surface area contributed by atoms with Crippen LogP contribution in [0.1, 0.15) is 80.0 Å². The fourth-order valence-electron chi connectivity index (χ4n) is 6.25. The van der Waals surface area contributed by atoms with Crippen molar-refractivity contribution in [2.75, 3.05) is 5.73 Å². The quantitative estimate of drug-likeness (QED) is 0.136. The topological polar surface area (TPSA) is 136 Å². The average Bonchev–Trinajstić information content (AvgIpc) is 3.67. The minimum Gasteiger partial charge on any atom is -0.378 e. The number of hydrogen-bond acceptors (Lipinski definition) is 7. The molecular formula is C35H32F6N8O2. The van der Waals surface area contributed by atoms with E-state index >= 15 is 8.78 Å². The van der Waals surface area contributed by atoms with Crippen LogP contribution in [0.2, 0.25) is 0 Å². The first-order chi connectivity index (χ1) is 23.9. The van der Waals surface area contributed by atoms with Crippen LogP contribution >= 0.6 is 0 Å². The zero-order valence-corrected chi connectivity index (χ0v) is 27.7. The van der Waals surface area contributed by atoms with E-state index in [9.17, 15) is 27.5 Å². The molecule has 4 aromatic heterocycles. The summed E-state index contributed by atoms with van der Waals surface area (Å²) in [7, 11) is 0. The molecule has 1 aliphatic carbocycles. The number of aliphatic hydroxyl groups is 1. The van der Waals surface area contributed by atoms with Gasteiger partial charge in [-0.1, -0.05) is 19.8 Å². The second kappa shape index (κ2) is 13.0. The maximum atomic E-state index is 15.4. The van der Waals surface area contributed by atoms with Gasteiger partial charge in [0.05, 0.1) is 11.7 Å². The molecule has 0 saturated heterocycles. The molecule has 5 aromatic rings. The van der Waals surface area contributed by atoms with E-state index in [1.807, 2.05) is 0 Å². The highest BCUT2D eigenvalue weighted by Crippen LogP contribution is 2.54. The number of fused-ring (bicyclic) bond motifs is 2. The number of nitrogens with one attached hydrogen (secondary N) is 1. The van der Waals surface area contributed by atoms with Crippen molar-refractivity contribution < 1.29 is 36.2 Å². The van der Waals surface area contributed by atoms with Crippen molar-refractivity contribution in [2.24, 2.45) is 5.92 Å². The Kier molecular flexibility index (Phi) is 9.05. The Balaban J connectivity index is 1.47. The third-order valence-electron chi connectivity index (χ3n) is 8.80. The third kappa shape index (κ3) is 6.98. The summed E-state index contributed by atoms with van der Waals surface area (Å²) >= 11 is 0. The van der Waals surface area contributed by atoms with Crippen molar-refractivity contribution in [3.8, 4) is 23.0 Å². The van der Waals surface area contributed by atoms with Gasteiger partial charge < -0.3 is 16.2 Å². The van der Waals surface area contributed by atoms with E-state index in [-0.39, 0.29) is 34.9 Å². The molecule has 0 aliphatic heterocycles.